The second-order valence-electron chi connectivity index (χ2n) is 7.40. The SMILES string of the molecule is O=C(CCCNC(=O)NC1CCCCC1)Nc1ccc(NC(=O)c2ccco2)cc1. The summed E-state index contributed by atoms with van der Waals surface area (Å²) in [5.74, 6) is -0.234. The van der Waals surface area contributed by atoms with E-state index in [1.54, 1.807) is 36.4 Å². The third kappa shape index (κ3) is 6.95. The summed E-state index contributed by atoms with van der Waals surface area (Å²) in [5.41, 5.74) is 1.24. The maximum absolute atomic E-state index is 12.1. The fraction of sp³-hybridized carbons (Fsp3) is 0.409. The van der Waals surface area contributed by atoms with E-state index in [2.05, 4.69) is 21.3 Å². The molecule has 0 radical (unpaired) electrons. The van der Waals surface area contributed by atoms with Gasteiger partial charge in [-0.15, -0.1) is 0 Å². The lowest BCUT2D eigenvalue weighted by Crippen LogP contribution is -2.43. The highest BCUT2D eigenvalue weighted by atomic mass is 16.3. The minimum absolute atomic E-state index is 0.128. The van der Waals surface area contributed by atoms with Gasteiger partial charge in [-0.05, 0) is 55.7 Å². The highest BCUT2D eigenvalue weighted by molar-refractivity contribution is 6.02. The van der Waals surface area contributed by atoms with Gasteiger partial charge in [-0.3, -0.25) is 9.59 Å². The number of urea groups is 1. The van der Waals surface area contributed by atoms with Gasteiger partial charge in [-0.25, -0.2) is 4.79 Å². The van der Waals surface area contributed by atoms with Crippen LogP contribution in [0.5, 0.6) is 0 Å². The molecule has 1 aliphatic carbocycles. The quantitative estimate of drug-likeness (QED) is 0.493. The third-order valence-electron chi connectivity index (χ3n) is 4.98. The van der Waals surface area contributed by atoms with Crippen LogP contribution in [0.15, 0.2) is 47.1 Å². The number of benzene rings is 1. The monoisotopic (exact) mass is 412 g/mol. The summed E-state index contributed by atoms with van der Waals surface area (Å²) in [5, 5.41) is 11.3. The zero-order chi connectivity index (χ0) is 21.2. The Balaban J connectivity index is 1.31. The molecule has 3 rings (SSSR count). The summed E-state index contributed by atoms with van der Waals surface area (Å²) >= 11 is 0. The summed E-state index contributed by atoms with van der Waals surface area (Å²) in [4.78, 5) is 35.9. The minimum atomic E-state index is -0.336. The van der Waals surface area contributed by atoms with Gasteiger partial charge < -0.3 is 25.7 Å². The first-order chi connectivity index (χ1) is 14.6. The Morgan fingerprint density at radius 3 is 2.30 bits per heavy atom. The lowest BCUT2D eigenvalue weighted by molar-refractivity contribution is -0.116. The zero-order valence-corrected chi connectivity index (χ0v) is 16.9. The predicted octanol–water partition coefficient (Wildman–Crippen LogP) is 3.88. The Morgan fingerprint density at radius 2 is 1.63 bits per heavy atom. The lowest BCUT2D eigenvalue weighted by atomic mass is 9.96. The topological polar surface area (TPSA) is 112 Å². The van der Waals surface area contributed by atoms with Gasteiger partial charge in [0.25, 0.3) is 5.91 Å². The third-order valence-corrected chi connectivity index (χ3v) is 4.98. The maximum Gasteiger partial charge on any atom is 0.315 e. The van der Waals surface area contributed by atoms with Crippen molar-refractivity contribution in [1.82, 2.24) is 10.6 Å². The molecule has 1 heterocycles. The fourth-order valence-electron chi connectivity index (χ4n) is 3.40. The largest absolute Gasteiger partial charge is 0.459 e. The predicted molar refractivity (Wildman–Crippen MR) is 114 cm³/mol. The van der Waals surface area contributed by atoms with E-state index in [9.17, 15) is 14.4 Å². The van der Waals surface area contributed by atoms with Gasteiger partial charge >= 0.3 is 6.03 Å². The van der Waals surface area contributed by atoms with Crippen molar-refractivity contribution in [3.63, 3.8) is 0 Å². The van der Waals surface area contributed by atoms with E-state index in [-0.39, 0.29) is 29.6 Å². The van der Waals surface area contributed by atoms with Crippen LogP contribution >= 0.6 is 0 Å². The van der Waals surface area contributed by atoms with Gasteiger partial charge in [0.2, 0.25) is 5.91 Å². The van der Waals surface area contributed by atoms with Crippen LogP contribution in [0.3, 0.4) is 0 Å². The van der Waals surface area contributed by atoms with Crippen molar-refractivity contribution in [2.24, 2.45) is 0 Å². The number of furan rings is 1. The molecule has 1 saturated carbocycles. The Kier molecular flexibility index (Phi) is 7.88. The molecular weight excluding hydrogens is 384 g/mol. The molecule has 0 atom stereocenters. The normalized spacial score (nSPS) is 14.0. The summed E-state index contributed by atoms with van der Waals surface area (Å²) in [6.07, 6.45) is 7.97. The average Bonchev–Trinajstić information content (AvgIpc) is 3.29. The molecule has 1 aromatic heterocycles. The first-order valence-corrected chi connectivity index (χ1v) is 10.4. The molecule has 8 heteroatoms. The summed E-state index contributed by atoms with van der Waals surface area (Å²) in [6, 6.07) is 10.2. The Bertz CT molecular complexity index is 827. The van der Waals surface area contributed by atoms with Crippen LogP contribution in [-0.2, 0) is 4.79 Å². The van der Waals surface area contributed by atoms with Crippen molar-refractivity contribution in [3.8, 4) is 0 Å². The maximum atomic E-state index is 12.1. The highest BCUT2D eigenvalue weighted by Gasteiger charge is 2.15. The van der Waals surface area contributed by atoms with Gasteiger partial charge in [-0.1, -0.05) is 19.3 Å². The number of carbonyl (C=O) groups excluding carboxylic acids is 3. The molecule has 0 spiro atoms. The van der Waals surface area contributed by atoms with E-state index in [0.29, 0.717) is 30.8 Å². The fourth-order valence-corrected chi connectivity index (χ4v) is 3.40. The lowest BCUT2D eigenvalue weighted by Gasteiger charge is -2.22. The van der Waals surface area contributed by atoms with E-state index < -0.39 is 0 Å². The smallest absolute Gasteiger partial charge is 0.315 e. The molecule has 1 aliphatic rings. The van der Waals surface area contributed by atoms with Gasteiger partial charge in [0.05, 0.1) is 6.26 Å². The molecule has 4 amide bonds. The van der Waals surface area contributed by atoms with Crippen molar-refractivity contribution in [2.75, 3.05) is 17.2 Å². The molecule has 1 fully saturated rings. The molecule has 0 aliphatic heterocycles. The van der Waals surface area contributed by atoms with Crippen LogP contribution in [0.25, 0.3) is 0 Å². The van der Waals surface area contributed by atoms with Gasteiger partial charge in [-0.2, -0.15) is 0 Å². The Morgan fingerprint density at radius 1 is 0.933 bits per heavy atom. The number of nitrogens with one attached hydrogen (secondary N) is 4. The molecule has 0 bridgehead atoms. The number of anilines is 2. The van der Waals surface area contributed by atoms with Crippen LogP contribution < -0.4 is 21.3 Å². The van der Waals surface area contributed by atoms with Crippen molar-refractivity contribution in [2.45, 2.75) is 51.0 Å². The van der Waals surface area contributed by atoms with Crippen LogP contribution in [-0.4, -0.2) is 30.4 Å². The summed E-state index contributed by atoms with van der Waals surface area (Å²) in [7, 11) is 0. The van der Waals surface area contributed by atoms with Crippen LogP contribution in [0.4, 0.5) is 16.2 Å². The molecule has 1 aromatic carbocycles. The molecule has 2 aromatic rings. The Labute approximate surface area is 175 Å². The van der Waals surface area contributed by atoms with Crippen LogP contribution in [0.1, 0.15) is 55.5 Å². The second kappa shape index (κ2) is 11.0. The molecule has 30 heavy (non-hydrogen) atoms. The van der Waals surface area contributed by atoms with Crippen LogP contribution in [0.2, 0.25) is 0 Å². The highest BCUT2D eigenvalue weighted by Crippen LogP contribution is 2.17. The Hall–Kier alpha value is -3.29. The average molecular weight is 412 g/mol. The van der Waals surface area contributed by atoms with Crippen molar-refractivity contribution < 1.29 is 18.8 Å². The molecule has 160 valence electrons. The number of hydrogen-bond acceptors (Lipinski definition) is 4. The first kappa shape index (κ1) is 21.4. The van der Waals surface area contributed by atoms with Crippen molar-refractivity contribution in [1.29, 1.82) is 0 Å². The number of hydrogen-bond donors (Lipinski definition) is 4. The van der Waals surface area contributed by atoms with Crippen molar-refractivity contribution in [3.05, 3.63) is 48.4 Å². The number of amides is 4. The summed E-state index contributed by atoms with van der Waals surface area (Å²) < 4.78 is 5.04. The van der Waals surface area contributed by atoms with E-state index >= 15 is 0 Å². The summed E-state index contributed by atoms with van der Waals surface area (Å²) in [6.45, 7) is 0.448. The van der Waals surface area contributed by atoms with Gasteiger partial charge in [0.15, 0.2) is 5.76 Å². The zero-order valence-electron chi connectivity index (χ0n) is 16.9. The van der Waals surface area contributed by atoms with Crippen LogP contribution in [0, 0.1) is 0 Å². The first-order valence-electron chi connectivity index (χ1n) is 10.4. The minimum Gasteiger partial charge on any atom is -0.459 e. The second-order valence-corrected chi connectivity index (χ2v) is 7.40. The van der Waals surface area contributed by atoms with E-state index in [1.165, 1.54) is 25.5 Å². The molecule has 0 unspecified atom stereocenters. The molecule has 8 nitrogen and oxygen atoms in total. The number of rotatable bonds is 8. The van der Waals surface area contributed by atoms with Crippen molar-refractivity contribution >= 4 is 29.2 Å². The van der Waals surface area contributed by atoms with E-state index in [4.69, 9.17) is 4.42 Å². The van der Waals surface area contributed by atoms with E-state index in [0.717, 1.165) is 12.8 Å². The molecular formula is C22H28N4O4. The molecule has 0 saturated heterocycles. The van der Waals surface area contributed by atoms with Gasteiger partial charge in [0, 0.05) is 30.4 Å². The number of carbonyl (C=O) groups is 3. The standard InChI is InChI=1S/C22H28N4O4/c27-20(9-4-14-23-22(29)26-16-6-2-1-3-7-16)24-17-10-12-18(13-11-17)25-21(28)19-8-5-15-30-19/h5,8,10-13,15-16H,1-4,6-7,9,14H2,(H,24,27)(H,25,28)(H2,23,26,29). The van der Waals surface area contributed by atoms with E-state index in [1.807, 2.05) is 0 Å². The van der Waals surface area contributed by atoms with Gasteiger partial charge in [0.1, 0.15) is 0 Å². The molecule has 4 N–H and O–H groups in total.